The Morgan fingerprint density at radius 3 is 2.22 bits per heavy atom. The van der Waals surface area contributed by atoms with Gasteiger partial charge in [-0.25, -0.2) is 9.78 Å². The summed E-state index contributed by atoms with van der Waals surface area (Å²) in [5.74, 6) is 1.18. The van der Waals surface area contributed by atoms with E-state index in [1.807, 2.05) is 39.0 Å². The summed E-state index contributed by atoms with van der Waals surface area (Å²) >= 11 is 0. The first-order valence-electron chi connectivity index (χ1n) is 11.8. The van der Waals surface area contributed by atoms with Crippen molar-refractivity contribution in [3.05, 3.63) is 65.0 Å². The fourth-order valence-electron chi connectivity index (χ4n) is 4.60. The first kappa shape index (κ1) is 22.5. The third-order valence-electron chi connectivity index (χ3n) is 6.43. The smallest absolute Gasteiger partial charge is 0.407 e. The number of ether oxygens (including phenoxy) is 1. The Labute approximate surface area is 191 Å². The van der Waals surface area contributed by atoms with E-state index in [4.69, 9.17) is 9.72 Å². The molecular weight excluding hydrogens is 400 g/mol. The summed E-state index contributed by atoms with van der Waals surface area (Å²) in [6, 6.07) is 14.5. The molecule has 0 aliphatic heterocycles. The van der Waals surface area contributed by atoms with Crippen LogP contribution in [0.15, 0.2) is 42.5 Å². The topological polar surface area (TPSA) is 68.3 Å². The van der Waals surface area contributed by atoms with Crippen molar-refractivity contribution in [2.75, 3.05) is 0 Å². The highest BCUT2D eigenvalue weighted by Gasteiger charge is 2.34. The molecule has 2 aromatic rings. The molecule has 1 heterocycles. The van der Waals surface area contributed by atoms with Crippen LogP contribution in [0.3, 0.4) is 0 Å². The number of carbonyl (C=O) groups is 2. The molecule has 0 spiro atoms. The van der Waals surface area contributed by atoms with Crippen LogP contribution >= 0.6 is 0 Å². The molecule has 0 bridgehead atoms. The zero-order valence-corrected chi connectivity index (χ0v) is 19.4. The first-order valence-corrected chi connectivity index (χ1v) is 11.8. The van der Waals surface area contributed by atoms with E-state index in [1.165, 1.54) is 5.56 Å². The Bertz CT molecular complexity index is 953. The van der Waals surface area contributed by atoms with E-state index in [0.717, 1.165) is 44.1 Å². The van der Waals surface area contributed by atoms with E-state index < -0.39 is 6.09 Å². The number of carbonyl (C=O) groups excluding carboxylic acids is 2. The molecule has 0 unspecified atom stereocenters. The minimum atomic E-state index is -0.474. The quantitative estimate of drug-likeness (QED) is 0.555. The average molecular weight is 435 g/mol. The van der Waals surface area contributed by atoms with Crippen molar-refractivity contribution in [2.24, 2.45) is 5.92 Å². The molecule has 5 nitrogen and oxygen atoms in total. The molecule has 1 aromatic carbocycles. The lowest BCUT2D eigenvalue weighted by atomic mass is 9.76. The van der Waals surface area contributed by atoms with Gasteiger partial charge in [-0.3, -0.25) is 4.79 Å². The molecule has 1 N–H and O–H groups in total. The van der Waals surface area contributed by atoms with Gasteiger partial charge in [0.15, 0.2) is 5.78 Å². The second-order valence-corrected chi connectivity index (χ2v) is 10.3. The molecule has 32 heavy (non-hydrogen) atoms. The Kier molecular flexibility index (Phi) is 6.63. The van der Waals surface area contributed by atoms with Gasteiger partial charge < -0.3 is 10.1 Å². The van der Waals surface area contributed by atoms with Crippen LogP contribution in [-0.4, -0.2) is 22.4 Å². The number of aromatic nitrogens is 1. The number of hydrogen-bond donors (Lipinski definition) is 1. The predicted molar refractivity (Wildman–Crippen MR) is 125 cm³/mol. The maximum absolute atomic E-state index is 13.5. The number of nitrogens with zero attached hydrogens (tertiary/aromatic N) is 1. The molecule has 5 heteroatoms. The monoisotopic (exact) mass is 434 g/mol. The lowest BCUT2D eigenvalue weighted by molar-refractivity contribution is 0.0876. The van der Waals surface area contributed by atoms with Crippen molar-refractivity contribution in [1.29, 1.82) is 0 Å². The normalized spacial score (nSPS) is 21.1. The molecule has 0 atom stereocenters. The number of hydrogen-bond acceptors (Lipinski definition) is 4. The molecule has 2 saturated carbocycles. The number of pyridine rings is 1. The van der Waals surface area contributed by atoms with Gasteiger partial charge in [0.1, 0.15) is 12.3 Å². The number of ketones is 1. The SMILES string of the molecule is CC(C)(C)NC(=O)OCc1ccc(C2CC2)c(C(=O)C2CCC(c3ccccc3)CC2)n1. The zero-order valence-electron chi connectivity index (χ0n) is 19.4. The highest BCUT2D eigenvalue weighted by molar-refractivity contribution is 5.97. The molecule has 1 aromatic heterocycles. The number of rotatable bonds is 6. The van der Waals surface area contributed by atoms with Crippen molar-refractivity contribution in [3.8, 4) is 0 Å². The number of amides is 1. The predicted octanol–water partition coefficient (Wildman–Crippen LogP) is 6.14. The molecular formula is C27H34N2O3. The summed E-state index contributed by atoms with van der Waals surface area (Å²) in [4.78, 5) is 30.2. The first-order chi connectivity index (χ1) is 15.3. The van der Waals surface area contributed by atoms with Crippen molar-refractivity contribution >= 4 is 11.9 Å². The summed E-state index contributed by atoms with van der Waals surface area (Å²) in [5, 5.41) is 2.78. The van der Waals surface area contributed by atoms with Crippen LogP contribution in [-0.2, 0) is 11.3 Å². The molecule has 0 radical (unpaired) electrons. The minimum Gasteiger partial charge on any atom is -0.443 e. The highest BCUT2D eigenvalue weighted by atomic mass is 16.5. The largest absolute Gasteiger partial charge is 0.443 e. The molecule has 0 saturated heterocycles. The zero-order chi connectivity index (χ0) is 22.7. The van der Waals surface area contributed by atoms with Gasteiger partial charge in [-0.05, 0) is 88.3 Å². The number of Topliss-reactive ketones (excluding diaryl/α,β-unsaturated/α-hetero) is 1. The molecule has 1 amide bonds. The van der Waals surface area contributed by atoms with Gasteiger partial charge in [0.05, 0.1) is 5.69 Å². The van der Waals surface area contributed by atoms with Crippen molar-refractivity contribution < 1.29 is 14.3 Å². The van der Waals surface area contributed by atoms with Gasteiger partial charge >= 0.3 is 6.09 Å². The Morgan fingerprint density at radius 1 is 0.938 bits per heavy atom. The van der Waals surface area contributed by atoms with Crippen LogP contribution < -0.4 is 5.32 Å². The van der Waals surface area contributed by atoms with Crippen molar-refractivity contribution in [1.82, 2.24) is 10.3 Å². The van der Waals surface area contributed by atoms with Gasteiger partial charge in [-0.1, -0.05) is 36.4 Å². The molecule has 2 fully saturated rings. The fourth-order valence-corrected chi connectivity index (χ4v) is 4.60. The number of benzene rings is 1. The third-order valence-corrected chi connectivity index (χ3v) is 6.43. The van der Waals surface area contributed by atoms with Gasteiger partial charge in [0.25, 0.3) is 0 Å². The maximum atomic E-state index is 13.5. The van der Waals surface area contributed by atoms with Crippen LogP contribution in [0.5, 0.6) is 0 Å². The van der Waals surface area contributed by atoms with Crippen LogP contribution in [0.2, 0.25) is 0 Å². The molecule has 2 aliphatic rings. The Hall–Kier alpha value is -2.69. The molecule has 4 rings (SSSR count). The second kappa shape index (κ2) is 9.43. The van der Waals surface area contributed by atoms with E-state index in [-0.39, 0.29) is 23.8 Å². The van der Waals surface area contributed by atoms with Crippen LogP contribution in [0.1, 0.15) is 98.4 Å². The van der Waals surface area contributed by atoms with Gasteiger partial charge in [-0.2, -0.15) is 0 Å². The van der Waals surface area contributed by atoms with E-state index >= 15 is 0 Å². The molecule has 2 aliphatic carbocycles. The lowest BCUT2D eigenvalue weighted by Gasteiger charge is -2.28. The summed E-state index contributed by atoms with van der Waals surface area (Å²) in [6.07, 6.45) is 5.64. The van der Waals surface area contributed by atoms with E-state index in [2.05, 4.69) is 29.6 Å². The summed E-state index contributed by atoms with van der Waals surface area (Å²) in [6.45, 7) is 5.77. The second-order valence-electron chi connectivity index (χ2n) is 10.3. The maximum Gasteiger partial charge on any atom is 0.407 e. The minimum absolute atomic E-state index is 0.0281. The standard InChI is InChI=1S/C27H34N2O3/c1-27(2,3)29-26(31)32-17-22-15-16-23(20-11-12-20)24(28-22)25(30)21-13-9-19(10-14-21)18-7-5-4-6-8-18/h4-8,15-16,19-21H,9-14,17H2,1-3H3,(H,29,31). The van der Waals surface area contributed by atoms with E-state index in [9.17, 15) is 9.59 Å². The van der Waals surface area contributed by atoms with Crippen LogP contribution in [0.25, 0.3) is 0 Å². The summed E-state index contributed by atoms with van der Waals surface area (Å²) < 4.78 is 5.34. The fraction of sp³-hybridized carbons (Fsp3) is 0.519. The average Bonchev–Trinajstić information content (AvgIpc) is 3.62. The number of nitrogens with one attached hydrogen (secondary N) is 1. The van der Waals surface area contributed by atoms with Crippen LogP contribution in [0.4, 0.5) is 4.79 Å². The highest BCUT2D eigenvalue weighted by Crippen LogP contribution is 2.43. The van der Waals surface area contributed by atoms with Gasteiger partial charge in [0.2, 0.25) is 0 Å². The van der Waals surface area contributed by atoms with Crippen LogP contribution in [0, 0.1) is 5.92 Å². The summed E-state index contributed by atoms with van der Waals surface area (Å²) in [7, 11) is 0. The van der Waals surface area contributed by atoms with E-state index in [0.29, 0.717) is 23.2 Å². The van der Waals surface area contributed by atoms with E-state index in [1.54, 1.807) is 0 Å². The third kappa shape index (κ3) is 5.76. The van der Waals surface area contributed by atoms with Gasteiger partial charge in [-0.15, -0.1) is 0 Å². The lowest BCUT2D eigenvalue weighted by Crippen LogP contribution is -2.40. The number of alkyl carbamates (subject to hydrolysis) is 1. The molecule has 170 valence electrons. The van der Waals surface area contributed by atoms with Crippen molar-refractivity contribution in [3.63, 3.8) is 0 Å². The van der Waals surface area contributed by atoms with Crippen molar-refractivity contribution in [2.45, 2.75) is 83.3 Å². The Morgan fingerprint density at radius 2 is 1.59 bits per heavy atom. The Balaban J connectivity index is 1.43. The summed E-state index contributed by atoms with van der Waals surface area (Å²) in [5.41, 5.74) is 3.32. The van der Waals surface area contributed by atoms with Gasteiger partial charge in [0, 0.05) is 11.5 Å².